The molecule has 0 atom stereocenters. The maximum Gasteiger partial charge on any atom is 1.00 e. The largest absolute Gasteiger partial charge is 1.00 e. The van der Waals surface area contributed by atoms with Crippen molar-refractivity contribution in [2.24, 2.45) is 0 Å². The van der Waals surface area contributed by atoms with Gasteiger partial charge in [-0.2, -0.15) is 5.26 Å². The molecule has 0 amide bonds. The zero-order valence-corrected chi connectivity index (χ0v) is 12.0. The van der Waals surface area contributed by atoms with Crippen molar-refractivity contribution in [2.75, 3.05) is 0 Å². The topological polar surface area (TPSA) is 44.0 Å². The van der Waals surface area contributed by atoms with Crippen molar-refractivity contribution in [1.29, 1.82) is 5.26 Å². The van der Waals surface area contributed by atoms with Gasteiger partial charge in [-0.1, -0.05) is 0 Å². The van der Waals surface area contributed by atoms with Crippen molar-refractivity contribution >= 4 is 38.5 Å². The number of halogens is 2. The van der Waals surface area contributed by atoms with Crippen LogP contribution < -0.4 is 29.6 Å². The number of phenolic OH excluding ortho intramolecular Hbond substituents is 1. The van der Waals surface area contributed by atoms with Gasteiger partial charge in [0.1, 0.15) is 5.75 Å². The van der Waals surface area contributed by atoms with E-state index < -0.39 is 0 Å². The van der Waals surface area contributed by atoms with E-state index in [9.17, 15) is 5.11 Å². The van der Waals surface area contributed by atoms with Gasteiger partial charge in [0, 0.05) is 0 Å². The molecule has 0 aliphatic carbocycles. The minimum Gasteiger partial charge on any atom is -0.506 e. The SMILES string of the molecule is N#Cc1cc(Br)c(O)c(I)c1.[Na+]. The Labute approximate surface area is 115 Å². The van der Waals surface area contributed by atoms with E-state index in [1.165, 1.54) is 0 Å². The summed E-state index contributed by atoms with van der Waals surface area (Å²) < 4.78 is 1.23. The molecule has 0 saturated heterocycles. The van der Waals surface area contributed by atoms with Crippen molar-refractivity contribution < 1.29 is 34.7 Å². The average molecular weight is 347 g/mol. The van der Waals surface area contributed by atoms with Crippen molar-refractivity contribution in [3.05, 3.63) is 25.7 Å². The molecular formula is C7H3BrINNaO+. The second kappa shape index (κ2) is 5.45. The Morgan fingerprint density at radius 3 is 2.50 bits per heavy atom. The standard InChI is InChI=1S/C7H3BrINO.Na/c8-5-1-4(3-10)2-6(9)7(5)11;/h1-2,11H;/q;+1. The second-order valence-electron chi connectivity index (χ2n) is 1.90. The number of phenols is 1. The molecule has 0 aliphatic heterocycles. The molecule has 0 unspecified atom stereocenters. The molecule has 0 radical (unpaired) electrons. The summed E-state index contributed by atoms with van der Waals surface area (Å²) in [4.78, 5) is 0. The number of nitriles is 1. The molecule has 0 spiro atoms. The molecule has 0 fully saturated rings. The molecule has 0 aromatic heterocycles. The van der Waals surface area contributed by atoms with Gasteiger partial charge in [-0.15, -0.1) is 0 Å². The van der Waals surface area contributed by atoms with E-state index in [0.29, 0.717) is 13.6 Å². The first-order valence-corrected chi connectivity index (χ1v) is 4.60. The maximum atomic E-state index is 9.26. The Bertz CT molecular complexity index is 314. The van der Waals surface area contributed by atoms with E-state index in [-0.39, 0.29) is 35.3 Å². The monoisotopic (exact) mass is 346 g/mol. The first kappa shape index (κ1) is 12.7. The van der Waals surface area contributed by atoms with Crippen molar-refractivity contribution in [3.63, 3.8) is 0 Å². The fraction of sp³-hybridized carbons (Fsp3) is 0. The smallest absolute Gasteiger partial charge is 0.506 e. The summed E-state index contributed by atoms with van der Waals surface area (Å²) in [5, 5.41) is 17.8. The average Bonchev–Trinajstić information content (AvgIpc) is 1.99. The minimum atomic E-state index is 0. The third-order valence-electron chi connectivity index (χ3n) is 1.15. The zero-order valence-electron chi connectivity index (χ0n) is 6.31. The molecule has 0 aliphatic rings. The fourth-order valence-electron chi connectivity index (χ4n) is 0.630. The van der Waals surface area contributed by atoms with Gasteiger partial charge in [-0.3, -0.25) is 0 Å². The van der Waals surface area contributed by atoms with E-state index in [1.54, 1.807) is 12.1 Å². The molecule has 56 valence electrons. The van der Waals surface area contributed by atoms with Gasteiger partial charge < -0.3 is 5.11 Å². The summed E-state index contributed by atoms with van der Waals surface area (Å²) in [5.74, 6) is 0.185. The minimum absolute atomic E-state index is 0. The van der Waals surface area contributed by atoms with Crippen LogP contribution in [0.25, 0.3) is 0 Å². The molecule has 0 saturated carbocycles. The first-order valence-electron chi connectivity index (χ1n) is 2.73. The summed E-state index contributed by atoms with van der Waals surface area (Å²) in [7, 11) is 0. The molecule has 2 nitrogen and oxygen atoms in total. The van der Waals surface area contributed by atoms with E-state index in [4.69, 9.17) is 5.26 Å². The molecule has 0 heterocycles. The predicted molar refractivity (Wildman–Crippen MR) is 53.2 cm³/mol. The van der Waals surface area contributed by atoms with Crippen LogP contribution >= 0.6 is 38.5 Å². The van der Waals surface area contributed by atoms with Crippen LogP contribution in [0.4, 0.5) is 0 Å². The van der Waals surface area contributed by atoms with E-state index in [0.717, 1.165) is 0 Å². The Morgan fingerprint density at radius 2 is 2.08 bits per heavy atom. The van der Waals surface area contributed by atoms with Gasteiger partial charge in [0.05, 0.1) is 19.7 Å². The Hall–Kier alpha value is 0.720. The molecule has 12 heavy (non-hydrogen) atoms. The first-order chi connectivity index (χ1) is 5.15. The number of hydrogen-bond donors (Lipinski definition) is 1. The zero-order chi connectivity index (χ0) is 8.43. The Morgan fingerprint density at radius 1 is 1.50 bits per heavy atom. The van der Waals surface area contributed by atoms with Gasteiger partial charge in [0.25, 0.3) is 0 Å². The molecule has 1 aromatic rings. The van der Waals surface area contributed by atoms with Crippen LogP contribution in [-0.2, 0) is 0 Å². The van der Waals surface area contributed by atoms with Crippen LogP contribution in [0, 0.1) is 14.9 Å². The van der Waals surface area contributed by atoms with Crippen LogP contribution in [0.15, 0.2) is 16.6 Å². The number of rotatable bonds is 0. The van der Waals surface area contributed by atoms with Gasteiger partial charge in [-0.05, 0) is 50.7 Å². The van der Waals surface area contributed by atoms with Crippen molar-refractivity contribution in [1.82, 2.24) is 0 Å². The summed E-state index contributed by atoms with van der Waals surface area (Å²) >= 11 is 5.10. The fourth-order valence-corrected chi connectivity index (χ4v) is 2.09. The van der Waals surface area contributed by atoms with Crippen LogP contribution in [0.2, 0.25) is 0 Å². The molecule has 5 heteroatoms. The maximum absolute atomic E-state index is 9.26. The Kier molecular flexibility index (Phi) is 5.78. The summed E-state index contributed by atoms with van der Waals surface area (Å²) in [6.07, 6.45) is 0. The van der Waals surface area contributed by atoms with Crippen molar-refractivity contribution in [2.45, 2.75) is 0 Å². The predicted octanol–water partition coefficient (Wildman–Crippen LogP) is -0.365. The number of nitrogens with zero attached hydrogens (tertiary/aromatic N) is 1. The van der Waals surface area contributed by atoms with Gasteiger partial charge in [0.2, 0.25) is 0 Å². The Balaban J connectivity index is 0.00000121. The second-order valence-corrected chi connectivity index (χ2v) is 3.92. The summed E-state index contributed by atoms with van der Waals surface area (Å²) in [5.41, 5.74) is 0.541. The molecule has 1 N–H and O–H groups in total. The third kappa shape index (κ3) is 2.89. The normalized spacial score (nSPS) is 8.42. The van der Waals surface area contributed by atoms with E-state index in [1.807, 2.05) is 28.7 Å². The van der Waals surface area contributed by atoms with Gasteiger partial charge in [0.15, 0.2) is 0 Å². The number of aromatic hydroxyl groups is 1. The quantitative estimate of drug-likeness (QED) is 0.515. The van der Waals surface area contributed by atoms with E-state index >= 15 is 0 Å². The van der Waals surface area contributed by atoms with Crippen LogP contribution in [0.5, 0.6) is 5.75 Å². The van der Waals surface area contributed by atoms with Crippen molar-refractivity contribution in [3.8, 4) is 11.8 Å². The van der Waals surface area contributed by atoms with Gasteiger partial charge in [-0.25, -0.2) is 0 Å². The molecule has 1 aromatic carbocycles. The summed E-state index contributed by atoms with van der Waals surface area (Å²) in [6, 6.07) is 5.20. The number of hydrogen-bond acceptors (Lipinski definition) is 2. The van der Waals surface area contributed by atoms with Crippen LogP contribution in [0.3, 0.4) is 0 Å². The van der Waals surface area contributed by atoms with Crippen LogP contribution in [-0.4, -0.2) is 5.11 Å². The van der Waals surface area contributed by atoms with Crippen LogP contribution in [0.1, 0.15) is 5.56 Å². The number of benzene rings is 1. The summed E-state index contributed by atoms with van der Waals surface area (Å²) in [6.45, 7) is 0. The molecular weight excluding hydrogens is 344 g/mol. The molecule has 0 bridgehead atoms. The third-order valence-corrected chi connectivity index (χ3v) is 2.57. The van der Waals surface area contributed by atoms with Gasteiger partial charge >= 0.3 is 29.6 Å². The molecule has 1 rings (SSSR count). The van der Waals surface area contributed by atoms with E-state index in [2.05, 4.69) is 15.9 Å².